The summed E-state index contributed by atoms with van der Waals surface area (Å²) in [5.41, 5.74) is 11.0. The lowest BCUT2D eigenvalue weighted by atomic mass is 10.4. The van der Waals surface area contributed by atoms with Gasteiger partial charge in [-0.2, -0.15) is 9.97 Å². The van der Waals surface area contributed by atoms with Gasteiger partial charge in [0.2, 0.25) is 5.95 Å². The van der Waals surface area contributed by atoms with Gasteiger partial charge in [-0.05, 0) is 19.0 Å². The van der Waals surface area contributed by atoms with Crippen LogP contribution in [-0.2, 0) is 0 Å². The van der Waals surface area contributed by atoms with Crippen molar-refractivity contribution in [3.63, 3.8) is 0 Å². The largest absolute Gasteiger partial charge is 0.382 e. The third kappa shape index (κ3) is 2.12. The van der Waals surface area contributed by atoms with Crippen molar-refractivity contribution in [2.24, 2.45) is 5.18 Å². The predicted molar refractivity (Wildman–Crippen MR) is 59.9 cm³/mol. The van der Waals surface area contributed by atoms with Crippen LogP contribution in [0.2, 0.25) is 0 Å². The molecule has 82 valence electrons. The summed E-state index contributed by atoms with van der Waals surface area (Å²) >= 11 is 0. The number of nitrogens with zero attached hydrogens (tertiary/aromatic N) is 4. The first-order valence-electron chi connectivity index (χ1n) is 4.65. The molecule has 0 aliphatic heterocycles. The van der Waals surface area contributed by atoms with Crippen molar-refractivity contribution in [1.29, 1.82) is 0 Å². The van der Waals surface area contributed by atoms with E-state index in [1.165, 1.54) is 0 Å². The Morgan fingerprint density at radius 3 is 2.33 bits per heavy atom. The second kappa shape index (κ2) is 4.54. The summed E-state index contributed by atoms with van der Waals surface area (Å²) in [5.74, 6) is 0.446. The number of rotatable bonds is 4. The van der Waals surface area contributed by atoms with Gasteiger partial charge in [-0.3, -0.25) is 0 Å². The fourth-order valence-electron chi connectivity index (χ4n) is 1.31. The number of hydrogen-bond donors (Lipinski definition) is 2. The van der Waals surface area contributed by atoms with Crippen molar-refractivity contribution in [2.45, 2.75) is 13.8 Å². The molecule has 0 unspecified atom stereocenters. The first-order valence-corrected chi connectivity index (χ1v) is 4.65. The van der Waals surface area contributed by atoms with Crippen LogP contribution in [0.1, 0.15) is 13.8 Å². The maximum atomic E-state index is 10.6. The zero-order valence-corrected chi connectivity index (χ0v) is 8.77. The van der Waals surface area contributed by atoms with Crippen LogP contribution >= 0.6 is 0 Å². The van der Waals surface area contributed by atoms with Crippen LogP contribution in [0.5, 0.6) is 0 Å². The lowest BCUT2D eigenvalue weighted by molar-refractivity contribution is 0.844. The summed E-state index contributed by atoms with van der Waals surface area (Å²) < 4.78 is 0. The maximum Gasteiger partial charge on any atom is 0.224 e. The SMILES string of the molecule is CCN(CC)c1nc(N)nc(N)c1N=O. The van der Waals surface area contributed by atoms with E-state index in [2.05, 4.69) is 15.1 Å². The summed E-state index contributed by atoms with van der Waals surface area (Å²) in [4.78, 5) is 20.1. The smallest absolute Gasteiger partial charge is 0.224 e. The first kappa shape index (κ1) is 11.2. The van der Waals surface area contributed by atoms with Gasteiger partial charge in [0, 0.05) is 13.1 Å². The molecule has 0 radical (unpaired) electrons. The number of hydrogen-bond acceptors (Lipinski definition) is 7. The molecule has 4 N–H and O–H groups in total. The van der Waals surface area contributed by atoms with Crippen LogP contribution in [0.3, 0.4) is 0 Å². The molecule has 0 saturated heterocycles. The van der Waals surface area contributed by atoms with Crippen molar-refractivity contribution >= 4 is 23.3 Å². The molecule has 7 heteroatoms. The van der Waals surface area contributed by atoms with Gasteiger partial charge in [-0.1, -0.05) is 0 Å². The monoisotopic (exact) mass is 210 g/mol. The summed E-state index contributed by atoms with van der Waals surface area (Å²) in [6.07, 6.45) is 0. The summed E-state index contributed by atoms with van der Waals surface area (Å²) in [6, 6.07) is 0. The quantitative estimate of drug-likeness (QED) is 0.714. The first-order chi connectivity index (χ1) is 7.13. The Morgan fingerprint density at radius 1 is 1.27 bits per heavy atom. The van der Waals surface area contributed by atoms with Crippen LogP contribution < -0.4 is 16.4 Å². The lowest BCUT2D eigenvalue weighted by Gasteiger charge is -2.20. The van der Waals surface area contributed by atoms with E-state index >= 15 is 0 Å². The molecule has 0 atom stereocenters. The van der Waals surface area contributed by atoms with Gasteiger partial charge in [0.1, 0.15) is 0 Å². The molecule has 1 rings (SSSR count). The fraction of sp³-hybridized carbons (Fsp3) is 0.500. The summed E-state index contributed by atoms with van der Waals surface area (Å²) in [5, 5.41) is 2.83. The van der Waals surface area contributed by atoms with Gasteiger partial charge < -0.3 is 16.4 Å². The molecule has 0 aliphatic rings. The van der Waals surface area contributed by atoms with Crippen molar-refractivity contribution in [3.8, 4) is 0 Å². The van der Waals surface area contributed by atoms with E-state index < -0.39 is 0 Å². The molecule has 1 aromatic rings. The Labute approximate surface area is 87.5 Å². The lowest BCUT2D eigenvalue weighted by Crippen LogP contribution is -2.24. The highest BCUT2D eigenvalue weighted by Crippen LogP contribution is 2.31. The van der Waals surface area contributed by atoms with Crippen LogP contribution in [0.15, 0.2) is 5.18 Å². The Hall–Kier alpha value is -1.92. The Morgan fingerprint density at radius 2 is 1.87 bits per heavy atom. The van der Waals surface area contributed by atoms with Gasteiger partial charge in [0.25, 0.3) is 0 Å². The van der Waals surface area contributed by atoms with Crippen molar-refractivity contribution in [3.05, 3.63) is 4.91 Å². The molecule has 0 amide bonds. The van der Waals surface area contributed by atoms with E-state index in [1.54, 1.807) is 0 Å². The molecule has 0 aromatic carbocycles. The van der Waals surface area contributed by atoms with Gasteiger partial charge >= 0.3 is 0 Å². The Bertz CT molecular complexity index is 362. The molecular formula is C8H14N6O. The fourth-order valence-corrected chi connectivity index (χ4v) is 1.31. The van der Waals surface area contributed by atoms with Crippen molar-refractivity contribution in [1.82, 2.24) is 9.97 Å². The van der Waals surface area contributed by atoms with E-state index in [9.17, 15) is 4.91 Å². The van der Waals surface area contributed by atoms with E-state index in [0.717, 1.165) is 0 Å². The zero-order valence-electron chi connectivity index (χ0n) is 8.77. The highest BCUT2D eigenvalue weighted by atomic mass is 16.3. The predicted octanol–water partition coefficient (Wildman–Crippen LogP) is 0.885. The molecule has 0 bridgehead atoms. The van der Waals surface area contributed by atoms with Crippen molar-refractivity contribution < 1.29 is 0 Å². The van der Waals surface area contributed by atoms with E-state index in [1.807, 2.05) is 18.7 Å². The Balaban J connectivity index is 3.30. The highest BCUT2D eigenvalue weighted by Gasteiger charge is 2.16. The molecule has 7 nitrogen and oxygen atoms in total. The Kier molecular flexibility index (Phi) is 3.37. The topological polar surface area (TPSA) is 110 Å². The third-order valence-electron chi connectivity index (χ3n) is 2.06. The highest BCUT2D eigenvalue weighted by molar-refractivity contribution is 5.74. The number of nitrogens with two attached hydrogens (primary N) is 2. The second-order valence-electron chi connectivity index (χ2n) is 2.90. The molecule has 0 fully saturated rings. The minimum absolute atomic E-state index is 0.0133. The summed E-state index contributed by atoms with van der Waals surface area (Å²) in [6.45, 7) is 5.25. The molecule has 15 heavy (non-hydrogen) atoms. The molecular weight excluding hydrogens is 196 g/mol. The van der Waals surface area contributed by atoms with Gasteiger partial charge in [-0.15, -0.1) is 4.91 Å². The van der Waals surface area contributed by atoms with E-state index in [0.29, 0.717) is 18.9 Å². The number of anilines is 3. The number of aromatic nitrogens is 2. The van der Waals surface area contributed by atoms with E-state index in [4.69, 9.17) is 11.5 Å². The van der Waals surface area contributed by atoms with Gasteiger partial charge in [0.05, 0.1) is 0 Å². The van der Waals surface area contributed by atoms with Crippen molar-refractivity contribution in [2.75, 3.05) is 29.5 Å². The number of nitrogen functional groups attached to an aromatic ring is 2. The molecule has 1 aromatic heterocycles. The standard InChI is InChI=1S/C8H14N6O/c1-3-14(4-2)7-5(13-15)6(9)11-8(10)12-7/h3-4H2,1-2H3,(H4,9,10,11,12). The van der Waals surface area contributed by atoms with Gasteiger partial charge in [0.15, 0.2) is 17.3 Å². The third-order valence-corrected chi connectivity index (χ3v) is 2.06. The van der Waals surface area contributed by atoms with Crippen LogP contribution in [0.4, 0.5) is 23.3 Å². The molecule has 1 heterocycles. The summed E-state index contributed by atoms with van der Waals surface area (Å²) in [7, 11) is 0. The number of nitroso groups, excluding NO2 is 1. The van der Waals surface area contributed by atoms with E-state index in [-0.39, 0.29) is 17.5 Å². The zero-order chi connectivity index (χ0) is 11.4. The van der Waals surface area contributed by atoms with Crippen LogP contribution in [0, 0.1) is 4.91 Å². The second-order valence-corrected chi connectivity index (χ2v) is 2.90. The normalized spacial score (nSPS) is 10.0. The van der Waals surface area contributed by atoms with Crippen LogP contribution in [0.25, 0.3) is 0 Å². The minimum atomic E-state index is 0.0133. The van der Waals surface area contributed by atoms with Crippen LogP contribution in [-0.4, -0.2) is 23.1 Å². The average Bonchev–Trinajstić information content (AvgIpc) is 2.19. The average molecular weight is 210 g/mol. The minimum Gasteiger partial charge on any atom is -0.382 e. The molecule has 0 saturated carbocycles. The van der Waals surface area contributed by atoms with Gasteiger partial charge in [-0.25, -0.2) is 0 Å². The maximum absolute atomic E-state index is 10.6. The molecule has 0 spiro atoms. The molecule has 0 aliphatic carbocycles.